The van der Waals surface area contributed by atoms with Gasteiger partial charge in [-0.25, -0.2) is 4.79 Å². The van der Waals surface area contributed by atoms with Gasteiger partial charge in [0.1, 0.15) is 0 Å². The van der Waals surface area contributed by atoms with Crippen LogP contribution in [0.25, 0.3) is 0 Å². The van der Waals surface area contributed by atoms with Crippen LogP contribution in [0.3, 0.4) is 0 Å². The zero-order chi connectivity index (χ0) is 15.1. The Hall–Kier alpha value is -1.14. The highest BCUT2D eigenvalue weighted by Crippen LogP contribution is 2.17. The van der Waals surface area contributed by atoms with Crippen LogP contribution in [0.4, 0.5) is 4.79 Å². The molecular formula is C15H28N4O2. The molecule has 3 N–H and O–H groups in total. The zero-order valence-corrected chi connectivity index (χ0v) is 13.0. The normalized spacial score (nSPS) is 24.0. The van der Waals surface area contributed by atoms with Crippen molar-refractivity contribution in [3.8, 4) is 0 Å². The molecule has 2 fully saturated rings. The highest BCUT2D eigenvalue weighted by molar-refractivity contribution is 5.95. The SMILES string of the molecule is CNCC1CCCCN1CC(=O)NC(=O)NC1CCCC1. The van der Waals surface area contributed by atoms with E-state index in [2.05, 4.69) is 20.9 Å². The van der Waals surface area contributed by atoms with Crippen molar-refractivity contribution in [1.29, 1.82) is 0 Å². The van der Waals surface area contributed by atoms with Crippen LogP contribution in [-0.4, -0.2) is 55.6 Å². The predicted octanol–water partition coefficient (Wildman–Crippen LogP) is 0.829. The molecule has 1 aliphatic heterocycles. The van der Waals surface area contributed by atoms with E-state index in [1.165, 1.54) is 19.3 Å². The van der Waals surface area contributed by atoms with Gasteiger partial charge in [0.05, 0.1) is 6.54 Å². The van der Waals surface area contributed by atoms with Crippen LogP contribution in [0.15, 0.2) is 0 Å². The Morgan fingerprint density at radius 1 is 1.10 bits per heavy atom. The molecule has 1 unspecified atom stereocenters. The maximum atomic E-state index is 12.0. The third-order valence-electron chi connectivity index (χ3n) is 4.48. The molecule has 0 aromatic rings. The molecule has 1 aliphatic carbocycles. The number of hydrogen-bond acceptors (Lipinski definition) is 4. The van der Waals surface area contributed by atoms with E-state index in [1.54, 1.807) is 0 Å². The summed E-state index contributed by atoms with van der Waals surface area (Å²) in [5, 5.41) is 8.52. The first-order chi connectivity index (χ1) is 10.2. The monoisotopic (exact) mass is 296 g/mol. The van der Waals surface area contributed by atoms with Crippen molar-refractivity contribution in [3.05, 3.63) is 0 Å². The lowest BCUT2D eigenvalue weighted by Crippen LogP contribution is -2.51. The smallest absolute Gasteiger partial charge is 0.321 e. The summed E-state index contributed by atoms with van der Waals surface area (Å²) in [5.41, 5.74) is 0. The first kappa shape index (κ1) is 16.2. The van der Waals surface area contributed by atoms with Crippen molar-refractivity contribution in [3.63, 3.8) is 0 Å². The van der Waals surface area contributed by atoms with Gasteiger partial charge >= 0.3 is 6.03 Å². The quantitative estimate of drug-likeness (QED) is 0.702. The maximum Gasteiger partial charge on any atom is 0.321 e. The number of likely N-dealkylation sites (N-methyl/N-ethyl adjacent to an activating group) is 1. The number of carbonyl (C=O) groups excluding carboxylic acids is 2. The number of piperidine rings is 1. The van der Waals surface area contributed by atoms with Gasteiger partial charge in [0, 0.05) is 18.6 Å². The largest absolute Gasteiger partial charge is 0.335 e. The van der Waals surface area contributed by atoms with E-state index in [4.69, 9.17) is 0 Å². The van der Waals surface area contributed by atoms with E-state index in [1.807, 2.05) is 7.05 Å². The van der Waals surface area contributed by atoms with Crippen LogP contribution in [0.1, 0.15) is 44.9 Å². The summed E-state index contributed by atoms with van der Waals surface area (Å²) in [6.45, 7) is 2.13. The minimum absolute atomic E-state index is 0.200. The highest BCUT2D eigenvalue weighted by atomic mass is 16.2. The summed E-state index contributed by atoms with van der Waals surface area (Å²) < 4.78 is 0. The fourth-order valence-corrected chi connectivity index (χ4v) is 3.38. The second-order valence-electron chi connectivity index (χ2n) is 6.18. The number of carbonyl (C=O) groups is 2. The standard InChI is InChI=1S/C15H28N4O2/c1-16-10-13-8-4-5-9-19(13)11-14(20)18-15(21)17-12-6-2-3-7-12/h12-13,16H,2-11H2,1H3,(H2,17,18,20,21). The highest BCUT2D eigenvalue weighted by Gasteiger charge is 2.24. The van der Waals surface area contributed by atoms with E-state index in [0.717, 1.165) is 38.8 Å². The Morgan fingerprint density at radius 2 is 1.81 bits per heavy atom. The molecule has 1 heterocycles. The average Bonchev–Trinajstić information content (AvgIpc) is 2.93. The molecule has 1 saturated carbocycles. The number of likely N-dealkylation sites (tertiary alicyclic amines) is 1. The van der Waals surface area contributed by atoms with E-state index in [-0.39, 0.29) is 18.0 Å². The van der Waals surface area contributed by atoms with Crippen LogP contribution in [0.2, 0.25) is 0 Å². The molecule has 2 rings (SSSR count). The van der Waals surface area contributed by atoms with Gasteiger partial charge in [-0.05, 0) is 39.3 Å². The topological polar surface area (TPSA) is 73.5 Å². The molecule has 120 valence electrons. The molecule has 0 spiro atoms. The van der Waals surface area contributed by atoms with Gasteiger partial charge in [0.15, 0.2) is 0 Å². The van der Waals surface area contributed by atoms with Crippen LogP contribution in [0, 0.1) is 0 Å². The van der Waals surface area contributed by atoms with Crippen molar-refractivity contribution in [2.45, 2.75) is 57.0 Å². The average molecular weight is 296 g/mol. The fourth-order valence-electron chi connectivity index (χ4n) is 3.38. The maximum absolute atomic E-state index is 12.0. The molecule has 0 bridgehead atoms. The van der Waals surface area contributed by atoms with Crippen molar-refractivity contribution < 1.29 is 9.59 Å². The molecular weight excluding hydrogens is 268 g/mol. The second-order valence-corrected chi connectivity index (χ2v) is 6.18. The van der Waals surface area contributed by atoms with Crippen molar-refractivity contribution >= 4 is 11.9 Å². The summed E-state index contributed by atoms with van der Waals surface area (Å²) in [6, 6.07) is 0.297. The lowest BCUT2D eigenvalue weighted by Gasteiger charge is -2.35. The third-order valence-corrected chi connectivity index (χ3v) is 4.48. The predicted molar refractivity (Wildman–Crippen MR) is 82.1 cm³/mol. The number of imide groups is 1. The molecule has 0 aromatic carbocycles. The van der Waals surface area contributed by atoms with Gasteiger partial charge in [0.2, 0.25) is 5.91 Å². The number of nitrogens with zero attached hydrogens (tertiary/aromatic N) is 1. The summed E-state index contributed by atoms with van der Waals surface area (Å²) in [6.07, 6.45) is 7.84. The molecule has 1 saturated heterocycles. The molecule has 3 amide bonds. The number of hydrogen-bond donors (Lipinski definition) is 3. The van der Waals surface area contributed by atoms with Crippen LogP contribution >= 0.6 is 0 Å². The Bertz CT molecular complexity index is 354. The van der Waals surface area contributed by atoms with Crippen LogP contribution in [0.5, 0.6) is 0 Å². The summed E-state index contributed by atoms with van der Waals surface area (Å²) in [5.74, 6) is -0.200. The number of urea groups is 1. The number of amides is 3. The lowest BCUT2D eigenvalue weighted by molar-refractivity contribution is -0.122. The van der Waals surface area contributed by atoms with Gasteiger partial charge < -0.3 is 10.6 Å². The lowest BCUT2D eigenvalue weighted by atomic mass is 10.0. The number of rotatable bonds is 5. The van der Waals surface area contributed by atoms with E-state index >= 15 is 0 Å². The summed E-state index contributed by atoms with van der Waals surface area (Å²) in [4.78, 5) is 26.0. The van der Waals surface area contributed by atoms with Gasteiger partial charge in [-0.3, -0.25) is 15.0 Å². The van der Waals surface area contributed by atoms with Crippen molar-refractivity contribution in [2.75, 3.05) is 26.7 Å². The van der Waals surface area contributed by atoms with E-state index in [9.17, 15) is 9.59 Å². The Balaban J connectivity index is 1.73. The molecule has 1 atom stereocenters. The molecule has 6 nitrogen and oxygen atoms in total. The first-order valence-electron chi connectivity index (χ1n) is 8.18. The number of nitrogens with one attached hydrogen (secondary N) is 3. The van der Waals surface area contributed by atoms with Crippen LogP contribution < -0.4 is 16.0 Å². The Kier molecular flexibility index (Phi) is 6.45. The fraction of sp³-hybridized carbons (Fsp3) is 0.867. The Labute approximate surface area is 127 Å². The summed E-state index contributed by atoms with van der Waals surface area (Å²) in [7, 11) is 1.93. The second kappa shape index (κ2) is 8.34. The molecule has 0 radical (unpaired) electrons. The van der Waals surface area contributed by atoms with Gasteiger partial charge in [-0.15, -0.1) is 0 Å². The van der Waals surface area contributed by atoms with Crippen LogP contribution in [-0.2, 0) is 4.79 Å². The van der Waals surface area contributed by atoms with Crippen molar-refractivity contribution in [2.24, 2.45) is 0 Å². The van der Waals surface area contributed by atoms with E-state index in [0.29, 0.717) is 12.6 Å². The Morgan fingerprint density at radius 3 is 2.52 bits per heavy atom. The minimum atomic E-state index is -0.339. The van der Waals surface area contributed by atoms with E-state index < -0.39 is 0 Å². The van der Waals surface area contributed by atoms with Gasteiger partial charge in [0.25, 0.3) is 0 Å². The zero-order valence-electron chi connectivity index (χ0n) is 13.0. The molecule has 2 aliphatic rings. The van der Waals surface area contributed by atoms with Crippen molar-refractivity contribution in [1.82, 2.24) is 20.9 Å². The third kappa shape index (κ3) is 5.28. The minimum Gasteiger partial charge on any atom is -0.335 e. The summed E-state index contributed by atoms with van der Waals surface area (Å²) >= 11 is 0. The molecule has 21 heavy (non-hydrogen) atoms. The first-order valence-corrected chi connectivity index (χ1v) is 8.18. The molecule has 6 heteroatoms. The van der Waals surface area contributed by atoms with Gasteiger partial charge in [-0.1, -0.05) is 19.3 Å². The molecule has 0 aromatic heterocycles. The van der Waals surface area contributed by atoms with Gasteiger partial charge in [-0.2, -0.15) is 0 Å².